The second kappa shape index (κ2) is 5.40. The van der Waals surface area contributed by atoms with E-state index in [0.717, 1.165) is 12.1 Å². The number of likely N-dealkylation sites (N-methyl/N-ethyl adjacent to an activating group) is 1. The van der Waals surface area contributed by atoms with E-state index in [1.807, 2.05) is 25.1 Å². The molecule has 98 valence electrons. The molecule has 1 heterocycles. The molecule has 0 aromatic heterocycles. The van der Waals surface area contributed by atoms with Crippen molar-refractivity contribution in [1.29, 1.82) is 0 Å². The Kier molecular flexibility index (Phi) is 3.87. The summed E-state index contributed by atoms with van der Waals surface area (Å²) >= 11 is 0. The van der Waals surface area contributed by atoms with Crippen LogP contribution in [0.2, 0.25) is 0 Å². The first-order valence-corrected chi connectivity index (χ1v) is 6.32. The van der Waals surface area contributed by atoms with E-state index in [4.69, 9.17) is 5.11 Å². The van der Waals surface area contributed by atoms with Crippen LogP contribution in [0.4, 0.5) is 5.69 Å². The second-order valence-electron chi connectivity index (χ2n) is 4.92. The molecule has 18 heavy (non-hydrogen) atoms. The number of nitrogens with one attached hydrogen (secondary N) is 1. The number of aliphatic hydroxyl groups excluding tert-OH is 1. The average molecular weight is 248 g/mol. The summed E-state index contributed by atoms with van der Waals surface area (Å²) < 4.78 is 0. The molecule has 2 rings (SSSR count). The van der Waals surface area contributed by atoms with Gasteiger partial charge in [0.05, 0.1) is 18.6 Å². The molecule has 1 aromatic carbocycles. The lowest BCUT2D eigenvalue weighted by atomic mass is 9.92. The van der Waals surface area contributed by atoms with Crippen molar-refractivity contribution in [3.63, 3.8) is 0 Å². The predicted octanol–water partition coefficient (Wildman–Crippen LogP) is 1.11. The van der Waals surface area contributed by atoms with Crippen LogP contribution in [0.15, 0.2) is 24.3 Å². The molecule has 4 nitrogen and oxygen atoms in total. The molecule has 1 amide bonds. The smallest absolute Gasteiger partial charge is 0.227 e. The van der Waals surface area contributed by atoms with Gasteiger partial charge in [0, 0.05) is 19.3 Å². The van der Waals surface area contributed by atoms with Gasteiger partial charge in [-0.1, -0.05) is 18.2 Å². The number of rotatable bonds is 3. The van der Waals surface area contributed by atoms with Crippen LogP contribution in [0.5, 0.6) is 0 Å². The number of anilines is 1. The van der Waals surface area contributed by atoms with Gasteiger partial charge >= 0.3 is 0 Å². The van der Waals surface area contributed by atoms with Crippen molar-refractivity contribution in [1.82, 2.24) is 4.90 Å². The van der Waals surface area contributed by atoms with Crippen molar-refractivity contribution in [3.8, 4) is 0 Å². The number of amides is 1. The van der Waals surface area contributed by atoms with Crippen molar-refractivity contribution < 1.29 is 9.90 Å². The first-order chi connectivity index (χ1) is 8.63. The summed E-state index contributed by atoms with van der Waals surface area (Å²) in [7, 11) is 1.75. The fourth-order valence-electron chi connectivity index (χ4n) is 2.24. The van der Waals surface area contributed by atoms with E-state index in [2.05, 4.69) is 11.4 Å². The SMILES string of the molecule is CC(CO)N(C)C(=O)C1CNc2ccccc2C1. The number of carbonyl (C=O) groups is 1. The van der Waals surface area contributed by atoms with Crippen LogP contribution in [-0.2, 0) is 11.2 Å². The molecule has 0 saturated heterocycles. The molecule has 0 spiro atoms. The molecule has 0 fully saturated rings. The van der Waals surface area contributed by atoms with Gasteiger partial charge in [0.1, 0.15) is 0 Å². The van der Waals surface area contributed by atoms with Crippen molar-refractivity contribution in [2.24, 2.45) is 5.92 Å². The molecule has 2 unspecified atom stereocenters. The van der Waals surface area contributed by atoms with Gasteiger partial charge in [0.2, 0.25) is 5.91 Å². The zero-order valence-electron chi connectivity index (χ0n) is 10.9. The highest BCUT2D eigenvalue weighted by Gasteiger charge is 2.28. The van der Waals surface area contributed by atoms with E-state index >= 15 is 0 Å². The van der Waals surface area contributed by atoms with Crippen LogP contribution in [-0.4, -0.2) is 42.2 Å². The number of aliphatic hydroxyl groups is 1. The number of hydrogen-bond acceptors (Lipinski definition) is 3. The molecule has 1 aromatic rings. The molecule has 1 aliphatic rings. The average Bonchev–Trinajstić information content (AvgIpc) is 2.44. The number of nitrogens with zero attached hydrogens (tertiary/aromatic N) is 1. The Hall–Kier alpha value is -1.55. The largest absolute Gasteiger partial charge is 0.394 e. The highest BCUT2D eigenvalue weighted by atomic mass is 16.3. The van der Waals surface area contributed by atoms with Crippen molar-refractivity contribution in [2.75, 3.05) is 25.5 Å². The summed E-state index contributed by atoms with van der Waals surface area (Å²) in [6.07, 6.45) is 0.768. The molecule has 0 bridgehead atoms. The molecule has 4 heteroatoms. The Morgan fingerprint density at radius 2 is 2.28 bits per heavy atom. The van der Waals surface area contributed by atoms with Crippen LogP contribution in [0, 0.1) is 5.92 Å². The summed E-state index contributed by atoms with van der Waals surface area (Å²) in [6, 6.07) is 7.95. The minimum atomic E-state index is -0.130. The third-order valence-electron chi connectivity index (χ3n) is 3.64. The minimum absolute atomic E-state index is 0.00102. The van der Waals surface area contributed by atoms with Gasteiger partial charge in [-0.2, -0.15) is 0 Å². The highest BCUT2D eigenvalue weighted by Crippen LogP contribution is 2.25. The van der Waals surface area contributed by atoms with Crippen molar-refractivity contribution in [2.45, 2.75) is 19.4 Å². The number of para-hydroxylation sites is 1. The second-order valence-corrected chi connectivity index (χ2v) is 4.92. The lowest BCUT2D eigenvalue weighted by Gasteiger charge is -2.31. The quantitative estimate of drug-likeness (QED) is 0.842. The lowest BCUT2D eigenvalue weighted by molar-refractivity contribution is -0.136. The molecule has 0 aliphatic carbocycles. The third kappa shape index (κ3) is 2.48. The maximum absolute atomic E-state index is 12.3. The Labute approximate surface area is 108 Å². The van der Waals surface area contributed by atoms with Crippen LogP contribution in [0.1, 0.15) is 12.5 Å². The summed E-state index contributed by atoms with van der Waals surface area (Å²) in [6.45, 7) is 2.51. The molecule has 0 saturated carbocycles. The third-order valence-corrected chi connectivity index (χ3v) is 3.64. The van der Waals surface area contributed by atoms with Crippen LogP contribution in [0.3, 0.4) is 0 Å². The van der Waals surface area contributed by atoms with Gasteiger partial charge in [-0.3, -0.25) is 4.79 Å². The van der Waals surface area contributed by atoms with Crippen molar-refractivity contribution in [3.05, 3.63) is 29.8 Å². The maximum Gasteiger partial charge on any atom is 0.227 e. The lowest BCUT2D eigenvalue weighted by Crippen LogP contribution is -2.44. The van der Waals surface area contributed by atoms with Crippen LogP contribution in [0.25, 0.3) is 0 Å². The summed E-state index contributed by atoms with van der Waals surface area (Å²) in [5.74, 6) is 0.0532. The van der Waals surface area contributed by atoms with Crippen LogP contribution < -0.4 is 5.32 Å². The fraction of sp³-hybridized carbons (Fsp3) is 0.500. The summed E-state index contributed by atoms with van der Waals surface area (Å²) in [5.41, 5.74) is 2.31. The molecule has 2 N–H and O–H groups in total. The molecule has 0 radical (unpaired) electrons. The highest BCUT2D eigenvalue weighted by molar-refractivity contribution is 5.81. The monoisotopic (exact) mass is 248 g/mol. The maximum atomic E-state index is 12.3. The fourth-order valence-corrected chi connectivity index (χ4v) is 2.24. The first-order valence-electron chi connectivity index (χ1n) is 6.32. The predicted molar refractivity (Wildman–Crippen MR) is 71.4 cm³/mol. The van der Waals surface area contributed by atoms with Crippen molar-refractivity contribution >= 4 is 11.6 Å². The van der Waals surface area contributed by atoms with Gasteiger partial charge in [-0.15, -0.1) is 0 Å². The van der Waals surface area contributed by atoms with E-state index in [9.17, 15) is 4.79 Å². The Balaban J connectivity index is 2.07. The van der Waals surface area contributed by atoms with Gasteiger partial charge in [-0.25, -0.2) is 0 Å². The molecular formula is C14H20N2O2. The number of benzene rings is 1. The Morgan fingerprint density at radius 3 is 3.00 bits per heavy atom. The zero-order valence-corrected chi connectivity index (χ0v) is 10.9. The van der Waals surface area contributed by atoms with Crippen LogP contribution >= 0.6 is 0 Å². The minimum Gasteiger partial charge on any atom is -0.394 e. The van der Waals surface area contributed by atoms with E-state index < -0.39 is 0 Å². The summed E-state index contributed by atoms with van der Waals surface area (Å²) in [4.78, 5) is 13.9. The topological polar surface area (TPSA) is 52.6 Å². The van der Waals surface area contributed by atoms with Gasteiger partial charge < -0.3 is 15.3 Å². The standard InChI is InChI=1S/C14H20N2O2/c1-10(9-17)16(2)14(18)12-7-11-5-3-4-6-13(11)15-8-12/h3-6,10,12,15,17H,7-9H2,1-2H3. The Bertz CT molecular complexity index is 434. The van der Waals surface area contributed by atoms with Gasteiger partial charge in [0.15, 0.2) is 0 Å². The number of carbonyl (C=O) groups excluding carboxylic acids is 1. The van der Waals surface area contributed by atoms with Gasteiger partial charge in [-0.05, 0) is 25.0 Å². The van der Waals surface area contributed by atoms with E-state index in [1.54, 1.807) is 11.9 Å². The summed E-state index contributed by atoms with van der Waals surface area (Å²) in [5, 5.41) is 12.4. The van der Waals surface area contributed by atoms with Gasteiger partial charge in [0.25, 0.3) is 0 Å². The zero-order chi connectivity index (χ0) is 13.1. The number of fused-ring (bicyclic) bond motifs is 1. The Morgan fingerprint density at radius 1 is 1.56 bits per heavy atom. The van der Waals surface area contributed by atoms with E-state index in [1.165, 1.54) is 5.56 Å². The molecular weight excluding hydrogens is 228 g/mol. The molecule has 1 aliphatic heterocycles. The van der Waals surface area contributed by atoms with E-state index in [0.29, 0.717) is 6.54 Å². The first kappa shape index (κ1) is 12.9. The normalized spacial score (nSPS) is 19.6. The van der Waals surface area contributed by atoms with E-state index in [-0.39, 0.29) is 24.5 Å². The molecule has 2 atom stereocenters. The number of hydrogen-bond donors (Lipinski definition) is 2.